The number of hydrogen-bond acceptors (Lipinski definition) is 4. The maximum atomic E-state index is 12.4. The van der Waals surface area contributed by atoms with Crippen LogP contribution < -0.4 is 5.32 Å². The Labute approximate surface area is 157 Å². The monoisotopic (exact) mass is 363 g/mol. The van der Waals surface area contributed by atoms with Gasteiger partial charge < -0.3 is 5.32 Å². The van der Waals surface area contributed by atoms with Crippen molar-refractivity contribution in [3.05, 3.63) is 81.8 Å². The topological polar surface area (TPSA) is 45.2 Å². The van der Waals surface area contributed by atoms with Gasteiger partial charge >= 0.3 is 0 Å². The summed E-state index contributed by atoms with van der Waals surface area (Å²) in [6.07, 6.45) is 1.86. The number of aromatic nitrogens is 1. The second kappa shape index (κ2) is 7.81. The molecule has 0 bridgehead atoms. The van der Waals surface area contributed by atoms with E-state index < -0.39 is 0 Å². The Morgan fingerprint density at radius 3 is 2.46 bits per heavy atom. The fraction of sp³-hybridized carbons (Fsp3) is 0.238. The van der Waals surface area contributed by atoms with Crippen molar-refractivity contribution < 1.29 is 4.79 Å². The highest BCUT2D eigenvalue weighted by molar-refractivity contribution is 7.13. The van der Waals surface area contributed by atoms with Gasteiger partial charge in [0, 0.05) is 36.6 Å². The van der Waals surface area contributed by atoms with Crippen LogP contribution in [-0.4, -0.2) is 28.9 Å². The second-order valence-electron chi connectivity index (χ2n) is 6.47. The normalized spacial score (nSPS) is 14.5. The van der Waals surface area contributed by atoms with E-state index in [1.165, 1.54) is 21.8 Å². The summed E-state index contributed by atoms with van der Waals surface area (Å²) in [7, 11) is 0. The molecule has 26 heavy (non-hydrogen) atoms. The Kier molecular flexibility index (Phi) is 5.09. The molecule has 0 aliphatic carbocycles. The van der Waals surface area contributed by atoms with Gasteiger partial charge in [-0.15, -0.1) is 11.3 Å². The van der Waals surface area contributed by atoms with Crippen LogP contribution in [-0.2, 0) is 19.4 Å². The number of rotatable bonds is 4. The lowest BCUT2D eigenvalue weighted by Gasteiger charge is -2.19. The third-order valence-electron chi connectivity index (χ3n) is 4.57. The molecule has 1 N–H and O–H groups in total. The lowest BCUT2D eigenvalue weighted by atomic mass is 10.2. The van der Waals surface area contributed by atoms with Gasteiger partial charge in [0.25, 0.3) is 5.91 Å². The van der Waals surface area contributed by atoms with Crippen LogP contribution in [0, 0.1) is 0 Å². The molecule has 1 aliphatic rings. The average Bonchev–Trinajstić information content (AvgIpc) is 3.00. The van der Waals surface area contributed by atoms with Crippen molar-refractivity contribution in [2.24, 2.45) is 0 Å². The predicted molar refractivity (Wildman–Crippen MR) is 106 cm³/mol. The van der Waals surface area contributed by atoms with Crippen molar-refractivity contribution >= 4 is 22.9 Å². The minimum atomic E-state index is -0.115. The molecular formula is C21H21N3OS. The lowest BCUT2D eigenvalue weighted by Crippen LogP contribution is -2.26. The third-order valence-corrected chi connectivity index (χ3v) is 5.73. The van der Waals surface area contributed by atoms with Crippen LogP contribution >= 0.6 is 11.3 Å². The number of amides is 1. The van der Waals surface area contributed by atoms with E-state index in [1.807, 2.05) is 30.3 Å². The standard InChI is InChI=1S/C21H21N3OS/c25-20(22-17-9-5-2-6-10-17)21-23-18-11-13-24(14-12-19(18)26-21)15-16-7-3-1-4-8-16/h1-10H,11-15H2,(H,22,25). The van der Waals surface area contributed by atoms with Crippen molar-refractivity contribution in [3.63, 3.8) is 0 Å². The number of nitrogens with zero attached hydrogens (tertiary/aromatic N) is 2. The first-order valence-electron chi connectivity index (χ1n) is 8.89. The molecule has 1 aromatic heterocycles. The number of anilines is 1. The molecule has 132 valence electrons. The molecule has 0 radical (unpaired) electrons. The highest BCUT2D eigenvalue weighted by Gasteiger charge is 2.21. The summed E-state index contributed by atoms with van der Waals surface area (Å²) >= 11 is 1.53. The van der Waals surface area contributed by atoms with Crippen LogP contribution in [0.5, 0.6) is 0 Å². The molecule has 0 atom stereocenters. The molecule has 0 saturated carbocycles. The fourth-order valence-corrected chi connectivity index (χ4v) is 4.20. The fourth-order valence-electron chi connectivity index (χ4n) is 3.21. The van der Waals surface area contributed by atoms with Gasteiger partial charge in [-0.25, -0.2) is 4.98 Å². The van der Waals surface area contributed by atoms with Crippen molar-refractivity contribution in [1.29, 1.82) is 0 Å². The van der Waals surface area contributed by atoms with E-state index in [4.69, 9.17) is 0 Å². The molecule has 1 aliphatic heterocycles. The van der Waals surface area contributed by atoms with Crippen molar-refractivity contribution in [3.8, 4) is 0 Å². The summed E-state index contributed by atoms with van der Waals surface area (Å²) in [4.78, 5) is 20.8. The number of carbonyl (C=O) groups is 1. The average molecular weight is 363 g/mol. The molecule has 0 fully saturated rings. The molecule has 4 rings (SSSR count). The van der Waals surface area contributed by atoms with Gasteiger partial charge in [0.15, 0.2) is 5.01 Å². The first-order chi connectivity index (χ1) is 12.8. The summed E-state index contributed by atoms with van der Waals surface area (Å²) in [5.74, 6) is -0.115. The Bertz CT molecular complexity index is 851. The van der Waals surface area contributed by atoms with Gasteiger partial charge in [-0.1, -0.05) is 48.5 Å². The van der Waals surface area contributed by atoms with Gasteiger partial charge in [0.1, 0.15) is 0 Å². The number of para-hydroxylation sites is 1. The highest BCUT2D eigenvalue weighted by atomic mass is 32.1. The second-order valence-corrected chi connectivity index (χ2v) is 7.55. The minimum absolute atomic E-state index is 0.115. The smallest absolute Gasteiger partial charge is 0.284 e. The van der Waals surface area contributed by atoms with Gasteiger partial charge in [-0.2, -0.15) is 0 Å². The summed E-state index contributed by atoms with van der Waals surface area (Å²) in [5, 5.41) is 3.49. The maximum Gasteiger partial charge on any atom is 0.284 e. The Morgan fingerprint density at radius 2 is 1.69 bits per heavy atom. The van der Waals surface area contributed by atoms with E-state index >= 15 is 0 Å². The van der Waals surface area contributed by atoms with Gasteiger partial charge in [-0.05, 0) is 24.1 Å². The van der Waals surface area contributed by atoms with Crippen LogP contribution in [0.4, 0.5) is 5.69 Å². The molecule has 0 unspecified atom stereocenters. The molecule has 1 amide bonds. The van der Waals surface area contributed by atoms with Crippen LogP contribution in [0.2, 0.25) is 0 Å². The number of hydrogen-bond donors (Lipinski definition) is 1. The number of nitrogens with one attached hydrogen (secondary N) is 1. The van der Waals surface area contributed by atoms with Crippen molar-refractivity contribution in [1.82, 2.24) is 9.88 Å². The molecular weight excluding hydrogens is 342 g/mol. The predicted octanol–water partition coefficient (Wildman–Crippen LogP) is 4.00. The Morgan fingerprint density at radius 1 is 1.00 bits per heavy atom. The SMILES string of the molecule is O=C(Nc1ccccc1)c1nc2c(s1)CCN(Cc1ccccc1)CC2. The highest BCUT2D eigenvalue weighted by Crippen LogP contribution is 2.24. The van der Waals surface area contributed by atoms with E-state index in [9.17, 15) is 4.79 Å². The molecule has 5 heteroatoms. The van der Waals surface area contributed by atoms with E-state index in [0.29, 0.717) is 5.01 Å². The first-order valence-corrected chi connectivity index (χ1v) is 9.71. The number of fused-ring (bicyclic) bond motifs is 1. The van der Waals surface area contributed by atoms with Gasteiger partial charge in [-0.3, -0.25) is 9.69 Å². The van der Waals surface area contributed by atoms with Crippen LogP contribution in [0.3, 0.4) is 0 Å². The molecule has 2 heterocycles. The van der Waals surface area contributed by atoms with Crippen molar-refractivity contribution in [2.75, 3.05) is 18.4 Å². The van der Waals surface area contributed by atoms with Crippen LogP contribution in [0.15, 0.2) is 60.7 Å². The molecule has 0 spiro atoms. The molecule has 0 saturated heterocycles. The summed E-state index contributed by atoms with van der Waals surface area (Å²) in [5.41, 5.74) is 3.23. The minimum Gasteiger partial charge on any atom is -0.320 e. The quantitative estimate of drug-likeness (QED) is 0.762. The summed E-state index contributed by atoms with van der Waals surface area (Å²) in [6, 6.07) is 20.1. The van der Waals surface area contributed by atoms with E-state index in [0.717, 1.165) is 43.9 Å². The lowest BCUT2D eigenvalue weighted by molar-refractivity contribution is 0.102. The van der Waals surface area contributed by atoms with Crippen LogP contribution in [0.25, 0.3) is 0 Å². The number of benzene rings is 2. The Hall–Kier alpha value is -2.50. The van der Waals surface area contributed by atoms with E-state index in [2.05, 4.69) is 45.5 Å². The first kappa shape index (κ1) is 16.9. The molecule has 3 aromatic rings. The zero-order valence-electron chi connectivity index (χ0n) is 14.5. The van der Waals surface area contributed by atoms with E-state index in [-0.39, 0.29) is 5.91 Å². The van der Waals surface area contributed by atoms with E-state index in [1.54, 1.807) is 0 Å². The van der Waals surface area contributed by atoms with Crippen LogP contribution in [0.1, 0.15) is 25.9 Å². The third kappa shape index (κ3) is 4.00. The van der Waals surface area contributed by atoms with Crippen molar-refractivity contribution in [2.45, 2.75) is 19.4 Å². The zero-order chi connectivity index (χ0) is 17.8. The summed E-state index contributed by atoms with van der Waals surface area (Å²) < 4.78 is 0. The molecule has 2 aromatic carbocycles. The maximum absolute atomic E-state index is 12.4. The summed E-state index contributed by atoms with van der Waals surface area (Å²) in [6.45, 7) is 2.95. The van der Waals surface area contributed by atoms with Gasteiger partial charge in [0.2, 0.25) is 0 Å². The molecule has 4 nitrogen and oxygen atoms in total. The number of thiazole rings is 1. The Balaban J connectivity index is 1.40. The van der Waals surface area contributed by atoms with Gasteiger partial charge in [0.05, 0.1) is 5.69 Å². The zero-order valence-corrected chi connectivity index (χ0v) is 15.3. The largest absolute Gasteiger partial charge is 0.320 e. The number of carbonyl (C=O) groups excluding carboxylic acids is 1.